The molecule has 0 bridgehead atoms. The second-order valence-corrected chi connectivity index (χ2v) is 5.60. The summed E-state index contributed by atoms with van der Waals surface area (Å²) < 4.78 is 11.8. The van der Waals surface area contributed by atoms with Crippen molar-refractivity contribution in [3.8, 4) is 0 Å². The molecule has 0 spiro atoms. The summed E-state index contributed by atoms with van der Waals surface area (Å²) in [7, 11) is -1.16. The van der Waals surface area contributed by atoms with Gasteiger partial charge in [0.05, 0.1) is 33.9 Å². The summed E-state index contributed by atoms with van der Waals surface area (Å²) in [4.78, 5) is 12.6. The molecule has 0 aliphatic heterocycles. The Kier molecular flexibility index (Phi) is 6.01. The maximum Gasteiger partial charge on any atom is 0.252 e. The van der Waals surface area contributed by atoms with Crippen molar-refractivity contribution in [2.24, 2.45) is 0 Å². The summed E-state index contributed by atoms with van der Waals surface area (Å²) in [6.07, 6.45) is 0.654. The monoisotopic (exact) mass is 269 g/mol. The van der Waals surface area contributed by atoms with Crippen molar-refractivity contribution in [1.82, 2.24) is 5.32 Å². The van der Waals surface area contributed by atoms with E-state index < -0.39 is 10.8 Å². The van der Waals surface area contributed by atoms with Crippen LogP contribution in [0.1, 0.15) is 30.6 Å². The molecule has 2 N–H and O–H groups in total. The van der Waals surface area contributed by atoms with Crippen LogP contribution in [0.4, 0.5) is 0 Å². The summed E-state index contributed by atoms with van der Waals surface area (Å²) in [6.45, 7) is 3.60. The molecule has 2 unspecified atom stereocenters. The largest absolute Gasteiger partial charge is 0.394 e. The highest BCUT2D eigenvalue weighted by Crippen LogP contribution is 2.14. The minimum atomic E-state index is -1.16. The number of hydrogen-bond donors (Lipinski definition) is 2. The van der Waals surface area contributed by atoms with Gasteiger partial charge >= 0.3 is 0 Å². The Morgan fingerprint density at radius 1 is 1.39 bits per heavy atom. The van der Waals surface area contributed by atoms with E-state index in [4.69, 9.17) is 5.11 Å². The van der Waals surface area contributed by atoms with E-state index >= 15 is 0 Å². The Hall–Kier alpha value is -1.20. The van der Waals surface area contributed by atoms with Crippen LogP contribution in [0.5, 0.6) is 0 Å². The lowest BCUT2D eigenvalue weighted by Gasteiger charge is -2.15. The second kappa shape index (κ2) is 7.28. The number of aliphatic hydroxyl groups excluding tert-OH is 1. The molecular weight excluding hydrogens is 250 g/mol. The highest BCUT2D eigenvalue weighted by atomic mass is 32.2. The van der Waals surface area contributed by atoms with E-state index in [0.717, 1.165) is 0 Å². The van der Waals surface area contributed by atoms with Gasteiger partial charge in [-0.3, -0.25) is 9.00 Å². The van der Waals surface area contributed by atoms with Crippen LogP contribution in [0, 0.1) is 0 Å². The van der Waals surface area contributed by atoms with Crippen LogP contribution in [0.3, 0.4) is 0 Å². The van der Waals surface area contributed by atoms with Gasteiger partial charge in [-0.2, -0.15) is 0 Å². The van der Waals surface area contributed by atoms with Gasteiger partial charge in [-0.1, -0.05) is 26.0 Å². The Morgan fingerprint density at radius 3 is 2.61 bits per heavy atom. The minimum Gasteiger partial charge on any atom is -0.394 e. The number of carbonyl (C=O) groups excluding carboxylic acids is 1. The summed E-state index contributed by atoms with van der Waals surface area (Å²) in [5, 5.41) is 11.8. The van der Waals surface area contributed by atoms with Crippen LogP contribution in [0.15, 0.2) is 29.2 Å². The second-order valence-electron chi connectivity index (χ2n) is 3.89. The molecule has 1 amide bonds. The number of carbonyl (C=O) groups is 1. The lowest BCUT2D eigenvalue weighted by atomic mass is 10.2. The fraction of sp³-hybridized carbons (Fsp3) is 0.462. The summed E-state index contributed by atoms with van der Waals surface area (Å²) in [5.41, 5.74) is 0.421. The van der Waals surface area contributed by atoms with Crippen LogP contribution < -0.4 is 5.32 Å². The molecule has 5 heteroatoms. The Morgan fingerprint density at radius 2 is 2.06 bits per heavy atom. The summed E-state index contributed by atoms with van der Waals surface area (Å²) in [6, 6.07) is 6.60. The van der Waals surface area contributed by atoms with Crippen molar-refractivity contribution < 1.29 is 14.1 Å². The zero-order chi connectivity index (χ0) is 13.5. The molecule has 100 valence electrons. The molecule has 4 nitrogen and oxygen atoms in total. The van der Waals surface area contributed by atoms with Gasteiger partial charge < -0.3 is 10.4 Å². The van der Waals surface area contributed by atoms with E-state index in [1.54, 1.807) is 24.3 Å². The average Bonchev–Trinajstić information content (AvgIpc) is 2.43. The molecule has 1 rings (SSSR count). The Balaban J connectivity index is 2.95. The number of nitrogens with one attached hydrogen (secondary N) is 1. The molecule has 0 radical (unpaired) electrons. The van der Waals surface area contributed by atoms with Gasteiger partial charge in [0, 0.05) is 5.75 Å². The molecule has 18 heavy (non-hydrogen) atoms. The van der Waals surface area contributed by atoms with Crippen molar-refractivity contribution >= 4 is 16.7 Å². The smallest absolute Gasteiger partial charge is 0.252 e. The average molecular weight is 269 g/mol. The van der Waals surface area contributed by atoms with Crippen LogP contribution in [-0.4, -0.2) is 33.6 Å². The zero-order valence-electron chi connectivity index (χ0n) is 10.7. The summed E-state index contributed by atoms with van der Waals surface area (Å²) >= 11 is 0. The summed E-state index contributed by atoms with van der Waals surface area (Å²) in [5.74, 6) is 0.190. The molecule has 0 saturated heterocycles. The first-order valence-corrected chi connectivity index (χ1v) is 7.35. The molecule has 0 saturated carbocycles. The number of aliphatic hydroxyl groups is 1. The van der Waals surface area contributed by atoms with E-state index in [1.165, 1.54) is 0 Å². The van der Waals surface area contributed by atoms with Gasteiger partial charge in [0.1, 0.15) is 0 Å². The third kappa shape index (κ3) is 3.65. The van der Waals surface area contributed by atoms with Crippen molar-refractivity contribution in [3.63, 3.8) is 0 Å². The molecule has 0 fully saturated rings. The molecule has 0 heterocycles. The predicted molar refractivity (Wildman–Crippen MR) is 72.0 cm³/mol. The quantitative estimate of drug-likeness (QED) is 0.818. The zero-order valence-corrected chi connectivity index (χ0v) is 11.5. The van der Waals surface area contributed by atoms with Gasteiger partial charge in [-0.15, -0.1) is 0 Å². The van der Waals surface area contributed by atoms with Gasteiger partial charge in [-0.25, -0.2) is 0 Å². The maximum atomic E-state index is 12.1. The number of amides is 1. The van der Waals surface area contributed by atoms with Crippen molar-refractivity contribution in [1.29, 1.82) is 0 Å². The molecule has 2 atom stereocenters. The van der Waals surface area contributed by atoms with E-state index in [1.807, 2.05) is 13.8 Å². The maximum absolute atomic E-state index is 12.1. The van der Waals surface area contributed by atoms with Crippen LogP contribution >= 0.6 is 0 Å². The van der Waals surface area contributed by atoms with Crippen LogP contribution in [0.2, 0.25) is 0 Å². The van der Waals surface area contributed by atoms with Crippen LogP contribution in [0.25, 0.3) is 0 Å². The van der Waals surface area contributed by atoms with E-state index in [-0.39, 0.29) is 18.6 Å². The molecule has 0 aliphatic rings. The van der Waals surface area contributed by atoms with Gasteiger partial charge in [0.25, 0.3) is 5.91 Å². The van der Waals surface area contributed by atoms with Gasteiger partial charge in [0.2, 0.25) is 0 Å². The molecule has 0 aliphatic carbocycles. The molecule has 1 aromatic carbocycles. The molecule has 0 aromatic heterocycles. The third-order valence-electron chi connectivity index (χ3n) is 2.69. The first-order valence-electron chi connectivity index (χ1n) is 6.03. The highest BCUT2D eigenvalue weighted by molar-refractivity contribution is 7.85. The number of benzene rings is 1. The normalized spacial score (nSPS) is 13.9. The topological polar surface area (TPSA) is 66.4 Å². The lowest BCUT2D eigenvalue weighted by molar-refractivity contribution is 0.0912. The lowest BCUT2D eigenvalue weighted by Crippen LogP contribution is -2.37. The van der Waals surface area contributed by atoms with Gasteiger partial charge in [-0.05, 0) is 18.6 Å². The van der Waals surface area contributed by atoms with Crippen molar-refractivity contribution in [2.45, 2.75) is 31.2 Å². The van der Waals surface area contributed by atoms with E-state index in [2.05, 4.69) is 5.32 Å². The van der Waals surface area contributed by atoms with Crippen LogP contribution in [-0.2, 0) is 10.8 Å². The first kappa shape index (κ1) is 14.9. The van der Waals surface area contributed by atoms with Crippen molar-refractivity contribution in [3.05, 3.63) is 29.8 Å². The van der Waals surface area contributed by atoms with Gasteiger partial charge in [0.15, 0.2) is 0 Å². The van der Waals surface area contributed by atoms with E-state index in [0.29, 0.717) is 22.6 Å². The number of rotatable bonds is 6. The Labute approximate surface area is 110 Å². The SMILES string of the molecule is CCC(CO)NC(=O)c1ccccc1S(=O)CC. The fourth-order valence-electron chi connectivity index (χ4n) is 1.55. The molecular formula is C13H19NO3S. The minimum absolute atomic E-state index is 0.0960. The van der Waals surface area contributed by atoms with Crippen molar-refractivity contribution in [2.75, 3.05) is 12.4 Å². The Bertz CT molecular complexity index is 430. The van der Waals surface area contributed by atoms with E-state index in [9.17, 15) is 9.00 Å². The molecule has 1 aromatic rings. The number of hydrogen-bond acceptors (Lipinski definition) is 3. The highest BCUT2D eigenvalue weighted by Gasteiger charge is 2.16. The predicted octanol–water partition coefficient (Wildman–Crippen LogP) is 1.31. The first-order chi connectivity index (χ1) is 8.63. The standard InChI is InChI=1S/C13H19NO3S/c1-3-10(9-15)14-13(16)11-7-5-6-8-12(11)18(17)4-2/h5-8,10,15H,3-4,9H2,1-2H3,(H,14,16). The third-order valence-corrected chi connectivity index (χ3v) is 4.06. The fourth-order valence-corrected chi connectivity index (χ4v) is 2.50.